The van der Waals surface area contributed by atoms with Crippen LogP contribution in [0.5, 0.6) is 0 Å². The van der Waals surface area contributed by atoms with Crippen LogP contribution in [0.25, 0.3) is 10.2 Å². The summed E-state index contributed by atoms with van der Waals surface area (Å²) >= 11 is 1.66. The molecule has 1 amide bonds. The van der Waals surface area contributed by atoms with Crippen LogP contribution in [0, 0.1) is 6.92 Å². The highest BCUT2D eigenvalue weighted by Gasteiger charge is 2.12. The fourth-order valence-corrected chi connectivity index (χ4v) is 4.13. The van der Waals surface area contributed by atoms with Crippen LogP contribution in [-0.2, 0) is 4.79 Å². The number of aryl methyl sites for hydroxylation is 1. The summed E-state index contributed by atoms with van der Waals surface area (Å²) in [6.07, 6.45) is 2.52. The molecule has 0 spiro atoms. The van der Waals surface area contributed by atoms with E-state index < -0.39 is 0 Å². The number of thiazole rings is 1. The minimum absolute atomic E-state index is 0.0560. The summed E-state index contributed by atoms with van der Waals surface area (Å²) in [6, 6.07) is 14.1. The van der Waals surface area contributed by atoms with Crippen molar-refractivity contribution in [1.82, 2.24) is 4.98 Å². The highest BCUT2D eigenvalue weighted by molar-refractivity contribution is 7.18. The molecule has 4 rings (SSSR count). The van der Waals surface area contributed by atoms with Crippen molar-refractivity contribution in [3.05, 3.63) is 47.5 Å². The van der Waals surface area contributed by atoms with Crippen LogP contribution in [0.1, 0.15) is 17.8 Å². The number of carbonyl (C=O) groups is 1. The second kappa shape index (κ2) is 7.33. The number of rotatable bonds is 5. The SMILES string of the molecule is Cc1nc2ccc(NCC(=O)Nc3ccc(N4CCCC4)cc3)cc2s1. The van der Waals surface area contributed by atoms with Crippen molar-refractivity contribution >= 4 is 44.5 Å². The van der Waals surface area contributed by atoms with E-state index in [0.717, 1.165) is 39.7 Å². The van der Waals surface area contributed by atoms with Gasteiger partial charge in [0.1, 0.15) is 0 Å². The molecule has 134 valence electrons. The fourth-order valence-electron chi connectivity index (χ4n) is 3.27. The zero-order valence-corrected chi connectivity index (χ0v) is 15.6. The quantitative estimate of drug-likeness (QED) is 0.708. The van der Waals surface area contributed by atoms with Gasteiger partial charge in [0, 0.05) is 30.2 Å². The van der Waals surface area contributed by atoms with E-state index in [0.29, 0.717) is 0 Å². The summed E-state index contributed by atoms with van der Waals surface area (Å²) < 4.78 is 1.13. The van der Waals surface area contributed by atoms with E-state index in [-0.39, 0.29) is 12.5 Å². The highest BCUT2D eigenvalue weighted by atomic mass is 32.1. The van der Waals surface area contributed by atoms with E-state index in [1.807, 2.05) is 37.3 Å². The third-order valence-electron chi connectivity index (χ3n) is 4.57. The van der Waals surface area contributed by atoms with Crippen LogP contribution >= 0.6 is 11.3 Å². The Morgan fingerprint density at radius 1 is 1.12 bits per heavy atom. The topological polar surface area (TPSA) is 57.3 Å². The van der Waals surface area contributed by atoms with Crippen LogP contribution < -0.4 is 15.5 Å². The first-order chi connectivity index (χ1) is 12.7. The lowest BCUT2D eigenvalue weighted by Crippen LogP contribution is -2.22. The maximum absolute atomic E-state index is 12.2. The van der Waals surface area contributed by atoms with E-state index in [2.05, 4.69) is 32.7 Å². The Hall–Kier alpha value is -2.60. The molecule has 26 heavy (non-hydrogen) atoms. The summed E-state index contributed by atoms with van der Waals surface area (Å²) in [7, 11) is 0. The Bertz CT molecular complexity index is 913. The molecular weight excluding hydrogens is 344 g/mol. The number of benzene rings is 2. The average Bonchev–Trinajstić information content (AvgIpc) is 3.29. The lowest BCUT2D eigenvalue weighted by atomic mass is 10.2. The Balaban J connectivity index is 1.32. The molecule has 5 nitrogen and oxygen atoms in total. The zero-order chi connectivity index (χ0) is 17.9. The van der Waals surface area contributed by atoms with Gasteiger partial charge in [0.15, 0.2) is 0 Å². The van der Waals surface area contributed by atoms with E-state index >= 15 is 0 Å². The smallest absolute Gasteiger partial charge is 0.243 e. The minimum Gasteiger partial charge on any atom is -0.376 e. The van der Waals surface area contributed by atoms with Crippen molar-refractivity contribution in [1.29, 1.82) is 0 Å². The third-order valence-corrected chi connectivity index (χ3v) is 5.50. The second-order valence-electron chi connectivity index (χ2n) is 6.56. The molecule has 1 fully saturated rings. The Labute approximate surface area is 157 Å². The van der Waals surface area contributed by atoms with Crippen molar-refractivity contribution in [3.8, 4) is 0 Å². The summed E-state index contributed by atoms with van der Waals surface area (Å²) in [4.78, 5) is 19.0. The number of hydrogen-bond donors (Lipinski definition) is 2. The van der Waals surface area contributed by atoms with E-state index in [4.69, 9.17) is 0 Å². The van der Waals surface area contributed by atoms with E-state index in [1.54, 1.807) is 11.3 Å². The molecule has 2 N–H and O–H groups in total. The Morgan fingerprint density at radius 3 is 2.62 bits per heavy atom. The van der Waals surface area contributed by atoms with Crippen LogP contribution in [-0.4, -0.2) is 30.5 Å². The van der Waals surface area contributed by atoms with Crippen molar-refractivity contribution in [3.63, 3.8) is 0 Å². The van der Waals surface area contributed by atoms with Gasteiger partial charge < -0.3 is 15.5 Å². The molecule has 0 atom stereocenters. The molecular formula is C20H22N4OS. The summed E-state index contributed by atoms with van der Waals surface area (Å²) in [5, 5.41) is 7.17. The molecule has 3 aromatic rings. The largest absolute Gasteiger partial charge is 0.376 e. The van der Waals surface area contributed by atoms with Crippen LogP contribution in [0.3, 0.4) is 0 Å². The zero-order valence-electron chi connectivity index (χ0n) is 14.8. The molecule has 0 unspecified atom stereocenters. The van der Waals surface area contributed by atoms with Gasteiger partial charge >= 0.3 is 0 Å². The predicted octanol–water partition coefficient (Wildman–Crippen LogP) is 4.26. The first kappa shape index (κ1) is 16.8. The standard InChI is InChI=1S/C20H22N4OS/c1-14-22-18-9-6-16(12-19(18)26-14)21-13-20(25)23-15-4-7-17(8-5-15)24-10-2-3-11-24/h4-9,12,21H,2-3,10-11,13H2,1H3,(H,23,25). The number of carbonyl (C=O) groups excluding carboxylic acids is 1. The molecule has 6 heteroatoms. The number of hydrogen-bond acceptors (Lipinski definition) is 5. The molecule has 1 aliphatic rings. The van der Waals surface area contributed by atoms with Gasteiger partial charge in [0.05, 0.1) is 21.8 Å². The van der Waals surface area contributed by atoms with Gasteiger partial charge in [-0.2, -0.15) is 0 Å². The van der Waals surface area contributed by atoms with Crippen molar-refractivity contribution < 1.29 is 4.79 Å². The van der Waals surface area contributed by atoms with Gasteiger partial charge in [0.2, 0.25) is 5.91 Å². The monoisotopic (exact) mass is 366 g/mol. The number of aromatic nitrogens is 1. The molecule has 0 bridgehead atoms. The summed E-state index contributed by atoms with van der Waals surface area (Å²) in [5.74, 6) is -0.0560. The lowest BCUT2D eigenvalue weighted by molar-refractivity contribution is -0.114. The number of amides is 1. The molecule has 1 aromatic heterocycles. The molecule has 0 aliphatic carbocycles. The molecule has 1 aliphatic heterocycles. The van der Waals surface area contributed by atoms with Gasteiger partial charge in [-0.1, -0.05) is 0 Å². The van der Waals surface area contributed by atoms with E-state index in [9.17, 15) is 4.79 Å². The molecule has 0 saturated carbocycles. The van der Waals surface area contributed by atoms with Gasteiger partial charge in [0.25, 0.3) is 0 Å². The van der Waals surface area contributed by atoms with Crippen molar-refractivity contribution in [2.24, 2.45) is 0 Å². The van der Waals surface area contributed by atoms with Crippen molar-refractivity contribution in [2.75, 3.05) is 35.2 Å². The third kappa shape index (κ3) is 3.80. The second-order valence-corrected chi connectivity index (χ2v) is 7.79. The normalized spacial score (nSPS) is 14.0. The highest BCUT2D eigenvalue weighted by Crippen LogP contribution is 2.25. The lowest BCUT2D eigenvalue weighted by Gasteiger charge is -2.17. The van der Waals surface area contributed by atoms with Gasteiger partial charge in [-0.05, 0) is 62.2 Å². The Morgan fingerprint density at radius 2 is 1.85 bits per heavy atom. The Kier molecular flexibility index (Phi) is 4.75. The fraction of sp³-hybridized carbons (Fsp3) is 0.300. The molecule has 1 saturated heterocycles. The maximum Gasteiger partial charge on any atom is 0.243 e. The minimum atomic E-state index is -0.0560. The summed E-state index contributed by atoms with van der Waals surface area (Å²) in [6.45, 7) is 4.48. The van der Waals surface area contributed by atoms with Crippen LogP contribution in [0.15, 0.2) is 42.5 Å². The number of nitrogens with one attached hydrogen (secondary N) is 2. The molecule has 2 aromatic carbocycles. The summed E-state index contributed by atoms with van der Waals surface area (Å²) in [5.41, 5.74) is 3.99. The van der Waals surface area contributed by atoms with Gasteiger partial charge in [-0.3, -0.25) is 4.79 Å². The van der Waals surface area contributed by atoms with Crippen LogP contribution in [0.2, 0.25) is 0 Å². The molecule has 2 heterocycles. The average molecular weight is 366 g/mol. The molecule has 0 radical (unpaired) electrons. The first-order valence-corrected chi connectivity index (χ1v) is 9.75. The van der Waals surface area contributed by atoms with Crippen molar-refractivity contribution in [2.45, 2.75) is 19.8 Å². The number of nitrogens with zero attached hydrogens (tertiary/aromatic N) is 2. The number of fused-ring (bicyclic) bond motifs is 1. The number of anilines is 3. The van der Waals surface area contributed by atoms with Gasteiger partial charge in [-0.15, -0.1) is 11.3 Å². The maximum atomic E-state index is 12.2. The van der Waals surface area contributed by atoms with Crippen LogP contribution in [0.4, 0.5) is 17.1 Å². The first-order valence-electron chi connectivity index (χ1n) is 8.93. The van der Waals surface area contributed by atoms with E-state index in [1.165, 1.54) is 18.5 Å². The van der Waals surface area contributed by atoms with Gasteiger partial charge in [-0.25, -0.2) is 4.98 Å². The predicted molar refractivity (Wildman–Crippen MR) is 109 cm³/mol.